The zero-order chi connectivity index (χ0) is 22.5. The van der Waals surface area contributed by atoms with Crippen molar-refractivity contribution in [3.63, 3.8) is 0 Å². The van der Waals surface area contributed by atoms with E-state index in [0.29, 0.717) is 24.3 Å². The van der Waals surface area contributed by atoms with Crippen molar-refractivity contribution >= 4 is 16.9 Å². The normalized spacial score (nSPS) is 22.3. The smallest absolute Gasteiger partial charge is 0.224 e. The molecule has 0 saturated heterocycles. The van der Waals surface area contributed by atoms with Crippen LogP contribution in [-0.4, -0.2) is 32.9 Å². The largest absolute Gasteiger partial charge is 0.340 e. The minimum atomic E-state index is 0.327. The van der Waals surface area contributed by atoms with Gasteiger partial charge in [0, 0.05) is 31.5 Å². The van der Waals surface area contributed by atoms with Crippen LogP contribution >= 0.6 is 0 Å². The number of nitrogens with zero attached hydrogens (tertiary/aromatic N) is 3. The van der Waals surface area contributed by atoms with E-state index in [-0.39, 0.29) is 0 Å². The summed E-state index contributed by atoms with van der Waals surface area (Å²) in [4.78, 5) is 20.6. The first kappa shape index (κ1) is 23.3. The van der Waals surface area contributed by atoms with E-state index in [1.54, 1.807) is 0 Å². The molecular formula is C28H43N3O. The third-order valence-corrected chi connectivity index (χ3v) is 8.27. The molecule has 4 nitrogen and oxygen atoms in total. The maximum atomic E-state index is 13.3. The van der Waals surface area contributed by atoms with Crippen molar-refractivity contribution in [2.75, 3.05) is 6.54 Å². The summed E-state index contributed by atoms with van der Waals surface area (Å²) in [6, 6.07) is 7.17. The Morgan fingerprint density at radius 2 is 1.78 bits per heavy atom. The van der Waals surface area contributed by atoms with Gasteiger partial charge >= 0.3 is 0 Å². The van der Waals surface area contributed by atoms with Gasteiger partial charge in [-0.3, -0.25) is 4.79 Å². The highest BCUT2D eigenvalue weighted by molar-refractivity contribution is 5.79. The van der Waals surface area contributed by atoms with Gasteiger partial charge in [0.15, 0.2) is 0 Å². The van der Waals surface area contributed by atoms with Crippen molar-refractivity contribution in [1.82, 2.24) is 14.5 Å². The molecule has 1 aromatic carbocycles. The quantitative estimate of drug-likeness (QED) is 0.453. The molecule has 176 valence electrons. The summed E-state index contributed by atoms with van der Waals surface area (Å²) in [7, 11) is 0. The molecule has 32 heavy (non-hydrogen) atoms. The minimum absolute atomic E-state index is 0.327. The molecule has 2 aliphatic carbocycles. The third kappa shape index (κ3) is 5.05. The van der Waals surface area contributed by atoms with Gasteiger partial charge in [0.2, 0.25) is 5.91 Å². The first-order valence-corrected chi connectivity index (χ1v) is 13.4. The van der Waals surface area contributed by atoms with Gasteiger partial charge in [0.25, 0.3) is 0 Å². The van der Waals surface area contributed by atoms with E-state index in [4.69, 9.17) is 4.98 Å². The number of aromatic nitrogens is 2. The molecule has 0 radical (unpaired) electrons. The maximum Gasteiger partial charge on any atom is 0.224 e. The Balaban J connectivity index is 1.56. The second-order valence-corrected chi connectivity index (χ2v) is 10.1. The summed E-state index contributed by atoms with van der Waals surface area (Å²) in [6.07, 6.45) is 14.2. The molecule has 1 aromatic heterocycles. The molecule has 0 unspecified atom stereocenters. The second kappa shape index (κ2) is 10.9. The molecule has 4 rings (SSSR count). The van der Waals surface area contributed by atoms with Gasteiger partial charge < -0.3 is 9.47 Å². The second-order valence-electron chi connectivity index (χ2n) is 10.1. The number of amides is 1. The van der Waals surface area contributed by atoms with Crippen molar-refractivity contribution in [2.24, 2.45) is 5.92 Å². The fourth-order valence-electron chi connectivity index (χ4n) is 6.16. The van der Waals surface area contributed by atoms with E-state index in [0.717, 1.165) is 30.9 Å². The third-order valence-electron chi connectivity index (χ3n) is 8.27. The number of aryl methyl sites for hydroxylation is 2. The van der Waals surface area contributed by atoms with Gasteiger partial charge in [-0.1, -0.05) is 45.6 Å². The number of carbonyl (C=O) groups is 1. The fraction of sp³-hybridized carbons (Fsp3) is 0.714. The van der Waals surface area contributed by atoms with Crippen LogP contribution in [0.3, 0.4) is 0 Å². The lowest BCUT2D eigenvalue weighted by molar-refractivity contribution is -0.134. The number of imidazole rings is 1. The van der Waals surface area contributed by atoms with Crippen LogP contribution in [0.2, 0.25) is 0 Å². The molecule has 0 spiro atoms. The van der Waals surface area contributed by atoms with Crippen molar-refractivity contribution in [2.45, 2.75) is 116 Å². The van der Waals surface area contributed by atoms with E-state index >= 15 is 0 Å². The molecule has 1 heterocycles. The lowest BCUT2D eigenvalue weighted by atomic mass is 9.80. The summed E-state index contributed by atoms with van der Waals surface area (Å²) in [5, 5.41) is 0. The van der Waals surface area contributed by atoms with E-state index in [9.17, 15) is 4.79 Å². The van der Waals surface area contributed by atoms with Crippen LogP contribution in [-0.2, 0) is 17.8 Å². The number of hydrogen-bond donors (Lipinski definition) is 0. The predicted molar refractivity (Wildman–Crippen MR) is 133 cm³/mol. The van der Waals surface area contributed by atoms with Gasteiger partial charge in [0.1, 0.15) is 5.82 Å². The Morgan fingerprint density at radius 3 is 2.44 bits per heavy atom. The monoisotopic (exact) mass is 437 g/mol. The van der Waals surface area contributed by atoms with Crippen molar-refractivity contribution < 1.29 is 4.79 Å². The minimum Gasteiger partial charge on any atom is -0.340 e. The molecule has 0 N–H and O–H groups in total. The number of fused-ring (bicyclic) bond motifs is 1. The maximum absolute atomic E-state index is 13.3. The zero-order valence-electron chi connectivity index (χ0n) is 20.6. The molecule has 0 aliphatic heterocycles. The van der Waals surface area contributed by atoms with Crippen LogP contribution in [0.5, 0.6) is 0 Å². The highest BCUT2D eigenvalue weighted by atomic mass is 16.2. The Bertz CT molecular complexity index is 887. The van der Waals surface area contributed by atoms with E-state index in [1.807, 2.05) is 0 Å². The number of carbonyl (C=O) groups excluding carboxylic acids is 1. The van der Waals surface area contributed by atoms with Crippen LogP contribution in [0.4, 0.5) is 0 Å². The van der Waals surface area contributed by atoms with Crippen LogP contribution < -0.4 is 0 Å². The Morgan fingerprint density at radius 1 is 1.03 bits per heavy atom. The summed E-state index contributed by atoms with van der Waals surface area (Å²) in [5.41, 5.74) is 3.68. The highest BCUT2D eigenvalue weighted by Gasteiger charge is 2.28. The molecule has 2 aromatic rings. The van der Waals surface area contributed by atoms with Crippen LogP contribution in [0.15, 0.2) is 18.2 Å². The molecule has 0 atom stereocenters. The predicted octanol–water partition coefficient (Wildman–Crippen LogP) is 6.85. The highest BCUT2D eigenvalue weighted by Crippen LogP contribution is 2.38. The molecule has 2 saturated carbocycles. The average Bonchev–Trinajstić information content (AvgIpc) is 3.21. The lowest BCUT2D eigenvalue weighted by Gasteiger charge is -2.34. The van der Waals surface area contributed by atoms with Crippen LogP contribution in [0, 0.1) is 5.92 Å². The standard InChI is InChI=1S/C28H43N3O/c1-4-21-12-15-23(16-13-21)28-29-25-17-14-22(5-2)20-26(25)31(28)19-18-27(32)30(6-3)24-10-8-7-9-11-24/h14,17,20-21,23-24H,4-13,15-16,18-19H2,1-3H3. The van der Waals surface area contributed by atoms with E-state index < -0.39 is 0 Å². The number of rotatable bonds is 8. The number of benzene rings is 1. The summed E-state index contributed by atoms with van der Waals surface area (Å²) < 4.78 is 2.41. The average molecular weight is 438 g/mol. The molecule has 2 fully saturated rings. The molecule has 2 aliphatic rings. The first-order valence-electron chi connectivity index (χ1n) is 13.4. The van der Waals surface area contributed by atoms with Gasteiger partial charge in [-0.05, 0) is 75.5 Å². The van der Waals surface area contributed by atoms with E-state index in [1.165, 1.54) is 81.1 Å². The zero-order valence-corrected chi connectivity index (χ0v) is 20.6. The van der Waals surface area contributed by atoms with Crippen molar-refractivity contribution in [3.05, 3.63) is 29.6 Å². The summed E-state index contributed by atoms with van der Waals surface area (Å²) >= 11 is 0. The lowest BCUT2D eigenvalue weighted by Crippen LogP contribution is -2.41. The van der Waals surface area contributed by atoms with Gasteiger partial charge in [0.05, 0.1) is 11.0 Å². The fourth-order valence-corrected chi connectivity index (χ4v) is 6.16. The molecule has 1 amide bonds. The Labute approximate surface area is 194 Å². The van der Waals surface area contributed by atoms with Gasteiger partial charge in [-0.2, -0.15) is 0 Å². The molecule has 4 heteroatoms. The number of hydrogen-bond acceptors (Lipinski definition) is 2. The summed E-state index contributed by atoms with van der Waals surface area (Å²) in [6.45, 7) is 8.27. The molecular weight excluding hydrogens is 394 g/mol. The van der Waals surface area contributed by atoms with Gasteiger partial charge in [-0.15, -0.1) is 0 Å². The SMILES string of the molecule is CCc1ccc2nc(C3CCC(CC)CC3)n(CCC(=O)N(CC)C3CCCCC3)c2c1. The Hall–Kier alpha value is -1.84. The van der Waals surface area contributed by atoms with Crippen LogP contribution in [0.25, 0.3) is 11.0 Å². The molecule has 0 bridgehead atoms. The van der Waals surface area contributed by atoms with Gasteiger partial charge in [-0.25, -0.2) is 4.98 Å². The summed E-state index contributed by atoms with van der Waals surface area (Å²) in [5.74, 6) is 2.97. The topological polar surface area (TPSA) is 38.1 Å². The van der Waals surface area contributed by atoms with Crippen molar-refractivity contribution in [3.8, 4) is 0 Å². The first-order chi connectivity index (χ1) is 15.6. The Kier molecular flexibility index (Phi) is 7.91. The van der Waals surface area contributed by atoms with E-state index in [2.05, 4.69) is 48.4 Å². The van der Waals surface area contributed by atoms with Crippen LogP contribution in [0.1, 0.15) is 109 Å². The van der Waals surface area contributed by atoms with Crippen molar-refractivity contribution in [1.29, 1.82) is 0 Å².